The van der Waals surface area contributed by atoms with E-state index >= 15 is 0 Å². The fraction of sp³-hybridized carbons (Fsp3) is 0.684. The molecule has 0 aliphatic rings. The van der Waals surface area contributed by atoms with Crippen molar-refractivity contribution in [3.05, 3.63) is 35.9 Å². The van der Waals surface area contributed by atoms with E-state index in [0.717, 1.165) is 6.54 Å². The lowest BCUT2D eigenvalue weighted by atomic mass is 10.0. The Kier molecular flexibility index (Phi) is 10.2. The lowest BCUT2D eigenvalue weighted by Gasteiger charge is -2.25. The molecule has 0 aliphatic heterocycles. The van der Waals surface area contributed by atoms with E-state index in [1.807, 2.05) is 0 Å². The second-order valence-electron chi connectivity index (χ2n) is 5.86. The SMILES string of the molecule is CCCCN(CCCC)CCC(NCC)c1ccccc1. The van der Waals surface area contributed by atoms with E-state index in [1.165, 1.54) is 57.3 Å². The molecule has 1 aromatic rings. The summed E-state index contributed by atoms with van der Waals surface area (Å²) in [7, 11) is 0. The summed E-state index contributed by atoms with van der Waals surface area (Å²) < 4.78 is 0. The number of nitrogens with one attached hydrogen (secondary N) is 1. The maximum absolute atomic E-state index is 3.64. The van der Waals surface area contributed by atoms with Crippen molar-refractivity contribution < 1.29 is 0 Å². The Morgan fingerprint density at radius 1 is 0.905 bits per heavy atom. The highest BCUT2D eigenvalue weighted by Gasteiger charge is 2.12. The minimum absolute atomic E-state index is 0.488. The van der Waals surface area contributed by atoms with Crippen molar-refractivity contribution in [1.29, 1.82) is 0 Å². The van der Waals surface area contributed by atoms with Crippen LogP contribution < -0.4 is 5.32 Å². The van der Waals surface area contributed by atoms with Gasteiger partial charge in [-0.05, 0) is 51.0 Å². The average molecular weight is 290 g/mol. The van der Waals surface area contributed by atoms with Crippen LogP contribution in [0, 0.1) is 0 Å². The predicted molar refractivity (Wildman–Crippen MR) is 93.7 cm³/mol. The van der Waals surface area contributed by atoms with Gasteiger partial charge in [0.25, 0.3) is 0 Å². The molecule has 0 heterocycles. The van der Waals surface area contributed by atoms with Gasteiger partial charge in [0, 0.05) is 6.04 Å². The molecule has 0 aromatic heterocycles. The number of nitrogens with zero attached hydrogens (tertiary/aromatic N) is 1. The zero-order valence-electron chi connectivity index (χ0n) is 14.3. The summed E-state index contributed by atoms with van der Waals surface area (Å²) in [4.78, 5) is 2.65. The first-order valence-electron chi connectivity index (χ1n) is 8.82. The largest absolute Gasteiger partial charge is 0.310 e. The molecule has 0 spiro atoms. The first-order chi connectivity index (χ1) is 10.3. The van der Waals surface area contributed by atoms with Crippen LogP contribution in [0.15, 0.2) is 30.3 Å². The lowest BCUT2D eigenvalue weighted by molar-refractivity contribution is 0.249. The van der Waals surface area contributed by atoms with Gasteiger partial charge in [-0.25, -0.2) is 0 Å². The van der Waals surface area contributed by atoms with Gasteiger partial charge >= 0.3 is 0 Å². The zero-order chi connectivity index (χ0) is 15.3. The summed E-state index contributed by atoms with van der Waals surface area (Å²) in [5.74, 6) is 0. The Morgan fingerprint density at radius 3 is 2.05 bits per heavy atom. The highest BCUT2D eigenvalue weighted by atomic mass is 15.1. The molecule has 0 saturated heterocycles. The van der Waals surface area contributed by atoms with Gasteiger partial charge in [0.1, 0.15) is 0 Å². The molecular formula is C19H34N2. The Balaban J connectivity index is 2.52. The van der Waals surface area contributed by atoms with Crippen LogP contribution in [0.5, 0.6) is 0 Å². The quantitative estimate of drug-likeness (QED) is 0.604. The van der Waals surface area contributed by atoms with E-state index in [0.29, 0.717) is 6.04 Å². The van der Waals surface area contributed by atoms with Crippen molar-refractivity contribution in [2.75, 3.05) is 26.2 Å². The molecule has 0 saturated carbocycles. The maximum Gasteiger partial charge on any atom is 0.0332 e. The fourth-order valence-corrected chi connectivity index (χ4v) is 2.73. The Bertz CT molecular complexity index is 329. The van der Waals surface area contributed by atoms with Crippen molar-refractivity contribution in [1.82, 2.24) is 10.2 Å². The summed E-state index contributed by atoms with van der Waals surface area (Å²) >= 11 is 0. The van der Waals surface area contributed by atoms with Crippen LogP contribution in [0.1, 0.15) is 64.5 Å². The van der Waals surface area contributed by atoms with Gasteiger partial charge in [-0.3, -0.25) is 0 Å². The minimum Gasteiger partial charge on any atom is -0.310 e. The third-order valence-corrected chi connectivity index (χ3v) is 4.04. The molecule has 1 aromatic carbocycles. The van der Waals surface area contributed by atoms with Crippen molar-refractivity contribution in [3.63, 3.8) is 0 Å². The second-order valence-corrected chi connectivity index (χ2v) is 5.86. The number of hydrogen-bond donors (Lipinski definition) is 1. The van der Waals surface area contributed by atoms with E-state index < -0.39 is 0 Å². The van der Waals surface area contributed by atoms with Crippen molar-refractivity contribution in [3.8, 4) is 0 Å². The standard InChI is InChI=1S/C19H34N2/c1-4-7-15-21(16-8-5-2)17-14-19(20-6-3)18-12-10-9-11-13-18/h9-13,19-20H,4-8,14-17H2,1-3H3. The van der Waals surface area contributed by atoms with Crippen LogP contribution in [0.25, 0.3) is 0 Å². The Labute approximate surface area is 131 Å². The summed E-state index contributed by atoms with van der Waals surface area (Å²) in [5.41, 5.74) is 1.42. The molecule has 0 radical (unpaired) electrons. The highest BCUT2D eigenvalue weighted by Crippen LogP contribution is 2.17. The number of benzene rings is 1. The molecule has 21 heavy (non-hydrogen) atoms. The van der Waals surface area contributed by atoms with E-state index in [-0.39, 0.29) is 0 Å². The molecule has 120 valence electrons. The fourth-order valence-electron chi connectivity index (χ4n) is 2.73. The third kappa shape index (κ3) is 7.63. The first-order valence-corrected chi connectivity index (χ1v) is 8.82. The smallest absolute Gasteiger partial charge is 0.0332 e. The summed E-state index contributed by atoms with van der Waals surface area (Å²) in [6, 6.07) is 11.4. The van der Waals surface area contributed by atoms with Crippen molar-refractivity contribution >= 4 is 0 Å². The molecule has 1 unspecified atom stereocenters. The van der Waals surface area contributed by atoms with Gasteiger partial charge < -0.3 is 10.2 Å². The maximum atomic E-state index is 3.64. The Hall–Kier alpha value is -0.860. The van der Waals surface area contributed by atoms with Crippen LogP contribution in [0.3, 0.4) is 0 Å². The van der Waals surface area contributed by atoms with Crippen LogP contribution in [-0.4, -0.2) is 31.1 Å². The molecular weight excluding hydrogens is 256 g/mol. The van der Waals surface area contributed by atoms with E-state index in [9.17, 15) is 0 Å². The highest BCUT2D eigenvalue weighted by molar-refractivity contribution is 5.18. The van der Waals surface area contributed by atoms with E-state index in [2.05, 4.69) is 61.3 Å². The van der Waals surface area contributed by atoms with Gasteiger partial charge in [-0.2, -0.15) is 0 Å². The second kappa shape index (κ2) is 11.8. The number of rotatable bonds is 12. The van der Waals surface area contributed by atoms with Gasteiger partial charge in [-0.1, -0.05) is 63.9 Å². The molecule has 0 amide bonds. The molecule has 2 nitrogen and oxygen atoms in total. The molecule has 0 fully saturated rings. The van der Waals surface area contributed by atoms with E-state index in [4.69, 9.17) is 0 Å². The van der Waals surface area contributed by atoms with Gasteiger partial charge in [-0.15, -0.1) is 0 Å². The van der Waals surface area contributed by atoms with Crippen LogP contribution >= 0.6 is 0 Å². The third-order valence-electron chi connectivity index (χ3n) is 4.04. The number of hydrogen-bond acceptors (Lipinski definition) is 2. The average Bonchev–Trinajstić information content (AvgIpc) is 2.53. The summed E-state index contributed by atoms with van der Waals surface area (Å²) in [6.07, 6.45) is 6.42. The molecule has 1 atom stereocenters. The van der Waals surface area contributed by atoms with Crippen molar-refractivity contribution in [2.45, 2.75) is 58.9 Å². The monoisotopic (exact) mass is 290 g/mol. The molecule has 0 bridgehead atoms. The van der Waals surface area contributed by atoms with E-state index in [1.54, 1.807) is 0 Å². The van der Waals surface area contributed by atoms with Gasteiger partial charge in [0.2, 0.25) is 0 Å². The van der Waals surface area contributed by atoms with Crippen LogP contribution in [0.2, 0.25) is 0 Å². The van der Waals surface area contributed by atoms with Gasteiger partial charge in [0.15, 0.2) is 0 Å². The summed E-state index contributed by atoms with van der Waals surface area (Å²) in [5, 5.41) is 3.64. The topological polar surface area (TPSA) is 15.3 Å². The van der Waals surface area contributed by atoms with Crippen LogP contribution in [-0.2, 0) is 0 Å². The molecule has 0 aliphatic carbocycles. The van der Waals surface area contributed by atoms with Crippen LogP contribution in [0.4, 0.5) is 0 Å². The first kappa shape index (κ1) is 18.2. The minimum atomic E-state index is 0.488. The molecule has 2 heteroatoms. The molecule has 1 N–H and O–H groups in total. The Morgan fingerprint density at radius 2 is 1.52 bits per heavy atom. The molecule has 1 rings (SSSR count). The summed E-state index contributed by atoms with van der Waals surface area (Å²) in [6.45, 7) is 11.5. The van der Waals surface area contributed by atoms with Gasteiger partial charge in [0.05, 0.1) is 0 Å². The lowest BCUT2D eigenvalue weighted by Crippen LogP contribution is -2.31. The normalized spacial score (nSPS) is 12.8. The van der Waals surface area contributed by atoms with Crippen molar-refractivity contribution in [2.24, 2.45) is 0 Å². The number of unbranched alkanes of at least 4 members (excludes halogenated alkanes) is 2. The predicted octanol–water partition coefficient (Wildman–Crippen LogP) is 4.63. The zero-order valence-corrected chi connectivity index (χ0v) is 14.3.